The molecule has 5 aromatic rings. The molecule has 64 heavy (non-hydrogen) atoms. The number of nitrogens with one attached hydrogen (secondary N) is 3. The van der Waals surface area contributed by atoms with Gasteiger partial charge in [0.2, 0.25) is 11.8 Å². The van der Waals surface area contributed by atoms with Gasteiger partial charge in [0.15, 0.2) is 17.2 Å². The number of anilines is 4. The zero-order chi connectivity index (χ0) is 44.3. The Balaban J connectivity index is 0.752. The van der Waals surface area contributed by atoms with Crippen LogP contribution in [-0.2, 0) is 22.6 Å². The lowest BCUT2D eigenvalue weighted by Gasteiger charge is -2.42. The number of halogens is 4. The highest BCUT2D eigenvalue weighted by Crippen LogP contribution is 2.41. The van der Waals surface area contributed by atoms with Crippen LogP contribution in [0.3, 0.4) is 0 Å². The van der Waals surface area contributed by atoms with Gasteiger partial charge in [-0.15, -0.1) is 5.10 Å². The summed E-state index contributed by atoms with van der Waals surface area (Å²) in [5.41, 5.74) is 7.75. The zero-order valence-electron chi connectivity index (χ0n) is 35.4. The number of imidazole rings is 1. The molecule has 3 aromatic heterocycles. The minimum Gasteiger partial charge on any atom is -0.385 e. The van der Waals surface area contributed by atoms with Gasteiger partial charge in [0.25, 0.3) is 11.8 Å². The van der Waals surface area contributed by atoms with Crippen LogP contribution < -0.4 is 25.8 Å². The molecular weight excluding hydrogens is 847 g/mol. The summed E-state index contributed by atoms with van der Waals surface area (Å²) < 4.78 is 46.7. The standard InChI is InChI=1S/C46H49ClF3N11O3/c1-51-38-21-41(56-61-40(23-53-43(38)61)45(64)54-37-20-35(37)48)60-14-12-31-30(3-2-4-39(31)60)36-9-5-27(22-52-36)24-58-13-11-28(46(49,50)26-58)25-57-15-17-59(18-16-57)29-6-8-34(47)33(19-29)32-7-10-42(62)55-44(32)63/h2-6,8-9,19,21-23,28,32,35,37,51H,7,10-18,20,24-26H2,1H3,(H,54,64)(H,55,62,63)/t28?,32?,35-,37+/m0/s1. The maximum atomic E-state index is 15.8. The Morgan fingerprint density at radius 2 is 1.78 bits per heavy atom. The quantitative estimate of drug-likeness (QED) is 0.138. The number of carbonyl (C=O) groups excluding carboxylic acids is 3. The summed E-state index contributed by atoms with van der Waals surface area (Å²) in [5.74, 6) is -4.48. The number of alkyl halides is 3. The van der Waals surface area contributed by atoms with Crippen molar-refractivity contribution in [2.24, 2.45) is 5.92 Å². The number of likely N-dealkylation sites (tertiary alicyclic amines) is 1. The minimum atomic E-state index is -2.85. The van der Waals surface area contributed by atoms with Crippen molar-refractivity contribution in [2.45, 2.75) is 62.7 Å². The molecule has 0 bridgehead atoms. The van der Waals surface area contributed by atoms with Gasteiger partial charge in [-0.25, -0.2) is 22.7 Å². The lowest BCUT2D eigenvalue weighted by atomic mass is 9.90. The number of pyridine rings is 1. The van der Waals surface area contributed by atoms with E-state index in [0.29, 0.717) is 99.4 Å². The Hall–Kier alpha value is -5.78. The molecule has 4 aliphatic heterocycles. The first-order valence-electron chi connectivity index (χ1n) is 22.0. The number of nitrogens with zero attached hydrogens (tertiary/aromatic N) is 8. The largest absolute Gasteiger partial charge is 0.385 e. The summed E-state index contributed by atoms with van der Waals surface area (Å²) in [4.78, 5) is 54.8. The molecule has 1 saturated carbocycles. The molecule has 1 aliphatic carbocycles. The maximum Gasteiger partial charge on any atom is 0.271 e. The van der Waals surface area contributed by atoms with Crippen molar-refractivity contribution in [1.82, 2.24) is 40.0 Å². The molecule has 7 heterocycles. The number of imide groups is 1. The Labute approximate surface area is 373 Å². The number of aromatic nitrogens is 4. The maximum absolute atomic E-state index is 15.8. The van der Waals surface area contributed by atoms with Gasteiger partial charge in [-0.05, 0) is 72.8 Å². The van der Waals surface area contributed by atoms with E-state index in [9.17, 15) is 18.8 Å². The van der Waals surface area contributed by atoms with Gasteiger partial charge in [-0.2, -0.15) is 0 Å². The van der Waals surface area contributed by atoms with Crippen LogP contribution in [0.15, 0.2) is 67.0 Å². The van der Waals surface area contributed by atoms with Crippen molar-refractivity contribution in [1.29, 1.82) is 0 Å². The average Bonchev–Trinajstić information content (AvgIpc) is 3.59. The number of piperidine rings is 2. The van der Waals surface area contributed by atoms with E-state index in [1.807, 2.05) is 53.4 Å². The van der Waals surface area contributed by atoms with Crippen molar-refractivity contribution in [3.63, 3.8) is 0 Å². The second-order valence-corrected chi connectivity index (χ2v) is 18.0. The van der Waals surface area contributed by atoms with E-state index in [4.69, 9.17) is 21.7 Å². The zero-order valence-corrected chi connectivity index (χ0v) is 36.1. The van der Waals surface area contributed by atoms with Gasteiger partial charge < -0.3 is 20.4 Å². The summed E-state index contributed by atoms with van der Waals surface area (Å²) in [7, 11) is 1.78. The third kappa shape index (κ3) is 8.24. The normalized spacial score (nSPS) is 23.6. The van der Waals surface area contributed by atoms with Gasteiger partial charge in [0, 0.05) is 106 Å². The Kier molecular flexibility index (Phi) is 11.2. The number of benzene rings is 2. The molecule has 3 amide bonds. The molecule has 4 atom stereocenters. The molecule has 0 radical (unpaired) electrons. The van der Waals surface area contributed by atoms with Crippen LogP contribution in [0.4, 0.5) is 36.1 Å². The van der Waals surface area contributed by atoms with E-state index in [0.717, 1.165) is 40.2 Å². The van der Waals surface area contributed by atoms with E-state index in [1.165, 1.54) is 10.7 Å². The highest BCUT2D eigenvalue weighted by molar-refractivity contribution is 6.31. The van der Waals surface area contributed by atoms with Crippen LogP contribution in [-0.4, -0.2) is 125 Å². The number of hydrogen-bond acceptors (Lipinski definition) is 11. The number of rotatable bonds is 11. The second kappa shape index (κ2) is 17.0. The van der Waals surface area contributed by atoms with Crippen LogP contribution in [0.2, 0.25) is 5.02 Å². The highest BCUT2D eigenvalue weighted by Gasteiger charge is 2.45. The summed E-state index contributed by atoms with van der Waals surface area (Å²) in [6, 6.07) is 17.0. The molecule has 5 aliphatic rings. The van der Waals surface area contributed by atoms with Crippen LogP contribution in [0, 0.1) is 5.92 Å². The second-order valence-electron chi connectivity index (χ2n) is 17.6. The number of fused-ring (bicyclic) bond motifs is 2. The van der Waals surface area contributed by atoms with Crippen molar-refractivity contribution >= 4 is 57.8 Å². The number of piperazine rings is 1. The lowest BCUT2D eigenvalue weighted by Crippen LogP contribution is -2.54. The molecule has 0 spiro atoms. The molecular formula is C46H49ClF3N11O3. The lowest BCUT2D eigenvalue weighted by molar-refractivity contribution is -0.134. The third-order valence-electron chi connectivity index (χ3n) is 13.4. The van der Waals surface area contributed by atoms with E-state index in [2.05, 4.69) is 35.6 Å². The van der Waals surface area contributed by atoms with Gasteiger partial charge in [0.05, 0.1) is 36.1 Å². The van der Waals surface area contributed by atoms with Gasteiger partial charge >= 0.3 is 0 Å². The molecule has 3 N–H and O–H groups in total. The monoisotopic (exact) mass is 895 g/mol. The van der Waals surface area contributed by atoms with Gasteiger partial charge in [0.1, 0.15) is 6.17 Å². The van der Waals surface area contributed by atoms with Crippen LogP contribution >= 0.6 is 11.6 Å². The third-order valence-corrected chi connectivity index (χ3v) is 13.8. The number of carbonyl (C=O) groups is 3. The van der Waals surface area contributed by atoms with Crippen LogP contribution in [0.5, 0.6) is 0 Å². The molecule has 3 saturated heterocycles. The Bertz CT molecular complexity index is 2620. The Morgan fingerprint density at radius 1 is 0.953 bits per heavy atom. The summed E-state index contributed by atoms with van der Waals surface area (Å²) >= 11 is 6.50. The fourth-order valence-electron chi connectivity index (χ4n) is 9.73. The van der Waals surface area contributed by atoms with Gasteiger partial charge in [-0.1, -0.05) is 29.8 Å². The SMILES string of the molecule is CNc1cc(N2CCc3c(-c4ccc(CN5CCC(CN6CCN(c7ccc(Cl)c(C8CCC(=O)NC8=O)c7)CC6)C(F)(F)C5)cn4)cccc32)nn2c(C(=O)N[C@@H]3C[C@@H]3F)cnc12. The summed E-state index contributed by atoms with van der Waals surface area (Å²) in [6.45, 7) is 4.23. The predicted molar refractivity (Wildman–Crippen MR) is 237 cm³/mol. The molecule has 14 nitrogen and oxygen atoms in total. The smallest absolute Gasteiger partial charge is 0.271 e. The van der Waals surface area contributed by atoms with Crippen molar-refractivity contribution in [3.05, 3.63) is 94.4 Å². The van der Waals surface area contributed by atoms with E-state index in [-0.39, 0.29) is 30.5 Å². The van der Waals surface area contributed by atoms with Crippen LogP contribution in [0.25, 0.3) is 16.9 Å². The molecule has 334 valence electrons. The number of amides is 3. The first-order valence-corrected chi connectivity index (χ1v) is 22.4. The fourth-order valence-corrected chi connectivity index (χ4v) is 9.98. The molecule has 4 fully saturated rings. The van der Waals surface area contributed by atoms with E-state index in [1.54, 1.807) is 19.3 Å². The Morgan fingerprint density at radius 3 is 2.52 bits per heavy atom. The topological polar surface area (TPSA) is 143 Å². The molecule has 18 heteroatoms. The minimum absolute atomic E-state index is 0.227. The van der Waals surface area contributed by atoms with Crippen molar-refractivity contribution in [2.75, 3.05) is 74.5 Å². The number of hydrogen-bond donors (Lipinski definition) is 3. The van der Waals surface area contributed by atoms with E-state index >= 15 is 8.78 Å². The molecule has 10 rings (SSSR count). The fraction of sp³-hybridized carbons (Fsp3) is 0.435. The first kappa shape index (κ1) is 42.2. The van der Waals surface area contributed by atoms with Crippen molar-refractivity contribution < 1.29 is 27.6 Å². The predicted octanol–water partition coefficient (Wildman–Crippen LogP) is 5.82. The van der Waals surface area contributed by atoms with Crippen molar-refractivity contribution in [3.8, 4) is 11.3 Å². The summed E-state index contributed by atoms with van der Waals surface area (Å²) in [6.07, 6.45) is 4.32. The first-order chi connectivity index (χ1) is 30.9. The molecule has 2 unspecified atom stereocenters. The summed E-state index contributed by atoms with van der Waals surface area (Å²) in [5, 5.41) is 13.6. The van der Waals surface area contributed by atoms with E-state index < -0.39 is 35.9 Å². The van der Waals surface area contributed by atoms with Gasteiger partial charge in [-0.3, -0.25) is 34.5 Å². The average molecular weight is 896 g/mol. The molecule has 2 aromatic carbocycles. The highest BCUT2D eigenvalue weighted by atomic mass is 35.5. The van der Waals surface area contributed by atoms with Crippen LogP contribution in [0.1, 0.15) is 58.8 Å².